The Morgan fingerprint density at radius 1 is 1.14 bits per heavy atom. The van der Waals surface area contributed by atoms with Crippen LogP contribution in [-0.2, 0) is 11.3 Å². The van der Waals surface area contributed by atoms with Crippen LogP contribution in [0.15, 0.2) is 36.4 Å². The summed E-state index contributed by atoms with van der Waals surface area (Å²) in [4.78, 5) is 27.3. The molecule has 3 rings (SSSR count). The van der Waals surface area contributed by atoms with Crippen molar-refractivity contribution in [1.82, 2.24) is 10.2 Å². The molecule has 1 saturated heterocycles. The van der Waals surface area contributed by atoms with Gasteiger partial charge in [-0.25, -0.2) is 0 Å². The third-order valence-electron chi connectivity index (χ3n) is 4.56. The molecule has 28 heavy (non-hydrogen) atoms. The van der Waals surface area contributed by atoms with Crippen LogP contribution in [0.2, 0.25) is 0 Å². The number of amides is 2. The third-order valence-corrected chi connectivity index (χ3v) is 5.63. The van der Waals surface area contributed by atoms with Crippen LogP contribution in [0.25, 0.3) is 0 Å². The molecule has 0 atom stereocenters. The van der Waals surface area contributed by atoms with E-state index in [2.05, 4.69) is 5.32 Å². The highest BCUT2D eigenvalue weighted by molar-refractivity contribution is 7.14. The number of likely N-dealkylation sites (tertiary alicyclic amines) is 1. The normalized spacial score (nSPS) is 14.6. The van der Waals surface area contributed by atoms with E-state index in [0.29, 0.717) is 31.1 Å². The molecule has 7 heteroatoms. The lowest BCUT2D eigenvalue weighted by Gasteiger charge is -2.32. The van der Waals surface area contributed by atoms with Crippen LogP contribution in [0.5, 0.6) is 11.5 Å². The number of nitrogens with one attached hydrogen (secondary N) is 1. The second-order valence-electron chi connectivity index (χ2n) is 6.66. The Labute approximate surface area is 169 Å². The lowest BCUT2D eigenvalue weighted by molar-refractivity contribution is -0.119. The summed E-state index contributed by atoms with van der Waals surface area (Å²) in [5, 5.41) is 2.76. The highest BCUT2D eigenvalue weighted by Crippen LogP contribution is 2.30. The van der Waals surface area contributed by atoms with Crippen LogP contribution < -0.4 is 14.8 Å². The molecule has 1 aromatic carbocycles. The summed E-state index contributed by atoms with van der Waals surface area (Å²) < 4.78 is 11.7. The lowest BCUT2D eigenvalue weighted by atomic mass is 10.1. The molecular formula is C21H26N2O4S. The molecule has 150 valence electrons. The van der Waals surface area contributed by atoms with Crippen LogP contribution in [-0.4, -0.2) is 42.5 Å². The first kappa shape index (κ1) is 20.2. The predicted molar refractivity (Wildman–Crippen MR) is 109 cm³/mol. The lowest BCUT2D eigenvalue weighted by Crippen LogP contribution is -2.41. The van der Waals surface area contributed by atoms with Gasteiger partial charge in [0, 0.05) is 37.7 Å². The molecule has 0 unspecified atom stereocenters. The minimum absolute atomic E-state index is 0.0484. The van der Waals surface area contributed by atoms with Gasteiger partial charge >= 0.3 is 0 Å². The van der Waals surface area contributed by atoms with Crippen LogP contribution >= 0.6 is 11.3 Å². The van der Waals surface area contributed by atoms with Gasteiger partial charge in [-0.2, -0.15) is 0 Å². The summed E-state index contributed by atoms with van der Waals surface area (Å²) in [7, 11) is 0. The van der Waals surface area contributed by atoms with E-state index in [4.69, 9.17) is 9.47 Å². The Morgan fingerprint density at radius 2 is 1.86 bits per heavy atom. The van der Waals surface area contributed by atoms with Crippen LogP contribution in [0.3, 0.4) is 0 Å². The number of nitrogens with zero attached hydrogens (tertiary/aromatic N) is 1. The van der Waals surface area contributed by atoms with Crippen LogP contribution in [0.1, 0.15) is 41.2 Å². The van der Waals surface area contributed by atoms with Gasteiger partial charge in [-0.1, -0.05) is 12.1 Å². The van der Waals surface area contributed by atoms with E-state index < -0.39 is 0 Å². The average molecular weight is 403 g/mol. The van der Waals surface area contributed by atoms with Crippen molar-refractivity contribution in [3.8, 4) is 11.5 Å². The van der Waals surface area contributed by atoms with Gasteiger partial charge in [0.15, 0.2) is 11.5 Å². The van der Waals surface area contributed by atoms with Gasteiger partial charge in [0.25, 0.3) is 5.91 Å². The number of benzene rings is 1. The van der Waals surface area contributed by atoms with E-state index in [1.54, 1.807) is 0 Å². The van der Waals surface area contributed by atoms with E-state index in [1.165, 1.54) is 18.3 Å². The van der Waals surface area contributed by atoms with Crippen molar-refractivity contribution in [2.45, 2.75) is 39.3 Å². The van der Waals surface area contributed by atoms with Crippen molar-refractivity contribution in [2.75, 3.05) is 19.7 Å². The van der Waals surface area contributed by atoms with Crippen molar-refractivity contribution >= 4 is 23.2 Å². The summed E-state index contributed by atoms with van der Waals surface area (Å²) in [6.45, 7) is 5.82. The van der Waals surface area contributed by atoms with Crippen molar-refractivity contribution in [1.29, 1.82) is 0 Å². The highest BCUT2D eigenvalue weighted by Gasteiger charge is 2.26. The summed E-state index contributed by atoms with van der Waals surface area (Å²) >= 11 is 1.43. The summed E-state index contributed by atoms with van der Waals surface area (Å²) in [6, 6.07) is 11.4. The molecular weight excluding hydrogens is 376 g/mol. The predicted octanol–water partition coefficient (Wildman–Crippen LogP) is 3.47. The van der Waals surface area contributed by atoms with E-state index in [1.807, 2.05) is 48.2 Å². The zero-order chi connectivity index (χ0) is 19.9. The summed E-state index contributed by atoms with van der Waals surface area (Å²) in [5.74, 6) is 1.49. The van der Waals surface area contributed by atoms with Crippen LogP contribution in [0.4, 0.5) is 0 Å². The number of hydrogen-bond acceptors (Lipinski definition) is 5. The van der Waals surface area contributed by atoms with E-state index in [-0.39, 0.29) is 17.9 Å². The van der Waals surface area contributed by atoms with Crippen molar-refractivity contribution in [2.24, 2.45) is 0 Å². The first-order chi connectivity index (χ1) is 13.6. The van der Waals surface area contributed by atoms with E-state index in [9.17, 15) is 9.59 Å². The first-order valence-corrected chi connectivity index (χ1v) is 10.4. The molecule has 2 heterocycles. The molecule has 1 aromatic heterocycles. The maximum atomic E-state index is 12.7. The van der Waals surface area contributed by atoms with Gasteiger partial charge in [-0.15, -0.1) is 11.3 Å². The fourth-order valence-corrected chi connectivity index (χ4v) is 4.05. The van der Waals surface area contributed by atoms with Crippen LogP contribution in [0, 0.1) is 0 Å². The first-order valence-electron chi connectivity index (χ1n) is 9.57. The van der Waals surface area contributed by atoms with Crippen molar-refractivity contribution in [3.63, 3.8) is 0 Å². The van der Waals surface area contributed by atoms with Gasteiger partial charge in [-0.3, -0.25) is 9.59 Å². The molecule has 1 fully saturated rings. The van der Waals surface area contributed by atoms with Crippen molar-refractivity contribution in [3.05, 3.63) is 46.2 Å². The standard InChI is InChI=1S/C21H26N2O4S/c1-3-26-18-6-4-5-7-19(18)27-16-10-12-23(13-11-16)21(25)20-9-8-17(28-20)14-22-15(2)24/h4-9,16H,3,10-14H2,1-2H3,(H,22,24). The molecule has 0 saturated carbocycles. The molecule has 0 radical (unpaired) electrons. The van der Waals surface area contributed by atoms with Crippen molar-refractivity contribution < 1.29 is 19.1 Å². The maximum Gasteiger partial charge on any atom is 0.263 e. The maximum absolute atomic E-state index is 12.7. The number of carbonyl (C=O) groups is 2. The summed E-state index contributed by atoms with van der Waals surface area (Å²) in [6.07, 6.45) is 1.65. The molecule has 2 amide bonds. The molecule has 1 N–H and O–H groups in total. The molecule has 0 spiro atoms. The minimum Gasteiger partial charge on any atom is -0.490 e. The van der Waals surface area contributed by atoms with Gasteiger partial charge in [-0.05, 0) is 31.2 Å². The molecule has 0 bridgehead atoms. The van der Waals surface area contributed by atoms with Gasteiger partial charge < -0.3 is 19.7 Å². The third kappa shape index (κ3) is 5.25. The Hall–Kier alpha value is -2.54. The number of hydrogen-bond donors (Lipinski definition) is 1. The Kier molecular flexibility index (Phi) is 6.92. The van der Waals surface area contributed by atoms with Gasteiger partial charge in [0.2, 0.25) is 5.91 Å². The monoisotopic (exact) mass is 402 g/mol. The fraction of sp³-hybridized carbons (Fsp3) is 0.429. The fourth-order valence-electron chi connectivity index (χ4n) is 3.13. The zero-order valence-electron chi connectivity index (χ0n) is 16.3. The highest BCUT2D eigenvalue weighted by atomic mass is 32.1. The van der Waals surface area contributed by atoms with Gasteiger partial charge in [0.05, 0.1) is 18.0 Å². The molecule has 0 aliphatic carbocycles. The number of ether oxygens (including phenoxy) is 2. The van der Waals surface area contributed by atoms with E-state index >= 15 is 0 Å². The SMILES string of the molecule is CCOc1ccccc1OC1CCN(C(=O)c2ccc(CNC(C)=O)s2)CC1. The Balaban J connectivity index is 1.52. The molecule has 6 nitrogen and oxygen atoms in total. The molecule has 1 aliphatic rings. The van der Waals surface area contributed by atoms with E-state index in [0.717, 1.165) is 29.2 Å². The molecule has 2 aromatic rings. The smallest absolute Gasteiger partial charge is 0.263 e. The Morgan fingerprint density at radius 3 is 2.54 bits per heavy atom. The average Bonchev–Trinajstić information content (AvgIpc) is 3.17. The topological polar surface area (TPSA) is 67.9 Å². The second-order valence-corrected chi connectivity index (χ2v) is 7.83. The Bertz CT molecular complexity index is 812. The quantitative estimate of drug-likeness (QED) is 0.770. The number of carbonyl (C=O) groups excluding carboxylic acids is 2. The zero-order valence-corrected chi connectivity index (χ0v) is 17.1. The van der Waals surface area contributed by atoms with Gasteiger partial charge in [0.1, 0.15) is 6.10 Å². The minimum atomic E-state index is -0.0748. The largest absolute Gasteiger partial charge is 0.490 e. The summed E-state index contributed by atoms with van der Waals surface area (Å²) in [5.41, 5.74) is 0. The number of piperidine rings is 1. The second kappa shape index (κ2) is 9.59. The number of thiophene rings is 1. The number of para-hydroxylation sites is 2. The molecule has 1 aliphatic heterocycles. The number of rotatable bonds is 7.